The number of hydrogen-bond donors (Lipinski definition) is 2. The first-order valence-corrected chi connectivity index (χ1v) is 13.5. The van der Waals surface area contributed by atoms with Crippen LogP contribution in [-0.4, -0.2) is 9.35 Å². The van der Waals surface area contributed by atoms with Crippen LogP contribution in [0, 0.1) is 0 Å². The van der Waals surface area contributed by atoms with Crippen molar-refractivity contribution in [3.63, 3.8) is 0 Å². The molecule has 0 aliphatic heterocycles. The second-order valence-corrected chi connectivity index (χ2v) is 10.1. The molecule has 0 unspecified atom stereocenters. The highest BCUT2D eigenvalue weighted by Gasteiger charge is 2.11. The van der Waals surface area contributed by atoms with Crippen molar-refractivity contribution in [1.82, 2.24) is 9.35 Å². The van der Waals surface area contributed by atoms with E-state index in [1.807, 2.05) is 0 Å². The van der Waals surface area contributed by atoms with Crippen molar-refractivity contribution in [2.24, 2.45) is 0 Å². The third-order valence-electron chi connectivity index (χ3n) is 7.75. The van der Waals surface area contributed by atoms with Crippen molar-refractivity contribution < 1.29 is 0 Å². The molecule has 4 heteroatoms. The molecule has 4 nitrogen and oxygen atoms in total. The van der Waals surface area contributed by atoms with Gasteiger partial charge in [-0.3, -0.25) is 20.2 Å². The van der Waals surface area contributed by atoms with E-state index in [0.717, 1.165) is 11.4 Å². The SMILES string of the molecule is c1ccc2c(c1)c1ccccc1n2Nc1ccc(-c2ccc(Nn3c4ccccc4c4ccccc43)cc2)cc1. The van der Waals surface area contributed by atoms with Gasteiger partial charge in [0.1, 0.15) is 0 Å². The molecule has 0 spiro atoms. The van der Waals surface area contributed by atoms with E-state index in [-0.39, 0.29) is 0 Å². The average molecular weight is 515 g/mol. The Labute approximate surface area is 231 Å². The summed E-state index contributed by atoms with van der Waals surface area (Å²) in [5.74, 6) is 0. The Morgan fingerprint density at radius 1 is 0.300 bits per heavy atom. The quantitative estimate of drug-likeness (QED) is 0.240. The van der Waals surface area contributed by atoms with Gasteiger partial charge in [0, 0.05) is 21.5 Å². The van der Waals surface area contributed by atoms with Crippen molar-refractivity contribution in [3.8, 4) is 11.1 Å². The zero-order valence-corrected chi connectivity index (χ0v) is 21.8. The molecule has 0 fully saturated rings. The van der Waals surface area contributed by atoms with Crippen molar-refractivity contribution in [1.29, 1.82) is 0 Å². The van der Waals surface area contributed by atoms with Crippen molar-refractivity contribution in [3.05, 3.63) is 146 Å². The predicted molar refractivity (Wildman–Crippen MR) is 169 cm³/mol. The lowest BCUT2D eigenvalue weighted by Crippen LogP contribution is -2.08. The Balaban J connectivity index is 1.07. The Bertz CT molecular complexity index is 1890. The molecular formula is C36H26N4. The van der Waals surface area contributed by atoms with Crippen LogP contribution >= 0.6 is 0 Å². The first-order chi connectivity index (χ1) is 19.8. The highest BCUT2D eigenvalue weighted by molar-refractivity contribution is 6.09. The zero-order valence-electron chi connectivity index (χ0n) is 21.8. The van der Waals surface area contributed by atoms with Gasteiger partial charge in [-0.05, 0) is 59.7 Å². The molecule has 2 N–H and O–H groups in total. The maximum atomic E-state index is 3.62. The van der Waals surface area contributed by atoms with Gasteiger partial charge in [0.05, 0.1) is 33.4 Å². The number of fused-ring (bicyclic) bond motifs is 6. The second kappa shape index (κ2) is 9.07. The normalized spacial score (nSPS) is 11.5. The highest BCUT2D eigenvalue weighted by atomic mass is 15.4. The summed E-state index contributed by atoms with van der Waals surface area (Å²) in [4.78, 5) is 0. The number of benzene rings is 6. The standard InChI is InChI=1S/C36H26N4/c1-5-13-33-29(9-1)30-10-2-6-14-34(30)39(33)37-27-21-17-25(18-22-27)26-19-23-28(24-20-26)38-40-35-15-7-3-11-31(35)32-12-4-8-16-36(32)40/h1-24,37-38H. The van der Waals surface area contributed by atoms with Crippen LogP contribution in [0.25, 0.3) is 54.7 Å². The van der Waals surface area contributed by atoms with E-state index in [2.05, 4.69) is 166 Å². The van der Waals surface area contributed by atoms with E-state index in [9.17, 15) is 0 Å². The maximum Gasteiger partial charge on any atom is 0.0709 e. The minimum absolute atomic E-state index is 1.04. The third-order valence-corrected chi connectivity index (χ3v) is 7.75. The van der Waals surface area contributed by atoms with Crippen LogP contribution in [0.2, 0.25) is 0 Å². The lowest BCUT2D eigenvalue weighted by Gasteiger charge is -2.13. The molecule has 0 aliphatic carbocycles. The molecule has 0 saturated heterocycles. The smallest absolute Gasteiger partial charge is 0.0709 e. The first-order valence-electron chi connectivity index (χ1n) is 13.5. The fraction of sp³-hybridized carbons (Fsp3) is 0. The lowest BCUT2D eigenvalue weighted by atomic mass is 10.1. The van der Waals surface area contributed by atoms with Crippen LogP contribution in [0.4, 0.5) is 11.4 Å². The number of anilines is 2. The minimum Gasteiger partial charge on any atom is -0.294 e. The molecular weight excluding hydrogens is 488 g/mol. The van der Waals surface area contributed by atoms with Gasteiger partial charge in [0.2, 0.25) is 0 Å². The molecule has 190 valence electrons. The Hall–Kier alpha value is -5.48. The number of nitrogens with one attached hydrogen (secondary N) is 2. The van der Waals surface area contributed by atoms with Crippen LogP contribution in [-0.2, 0) is 0 Å². The van der Waals surface area contributed by atoms with Gasteiger partial charge in [-0.1, -0.05) is 97.1 Å². The summed E-state index contributed by atoms with van der Waals surface area (Å²) < 4.78 is 4.35. The Morgan fingerprint density at radius 3 is 0.875 bits per heavy atom. The van der Waals surface area contributed by atoms with E-state index in [1.54, 1.807) is 0 Å². The van der Waals surface area contributed by atoms with E-state index >= 15 is 0 Å². The molecule has 2 aromatic heterocycles. The van der Waals surface area contributed by atoms with Gasteiger partial charge >= 0.3 is 0 Å². The topological polar surface area (TPSA) is 33.9 Å². The largest absolute Gasteiger partial charge is 0.294 e. The fourth-order valence-electron chi connectivity index (χ4n) is 5.82. The van der Waals surface area contributed by atoms with E-state index < -0.39 is 0 Å². The van der Waals surface area contributed by atoms with Crippen molar-refractivity contribution >= 4 is 55.0 Å². The summed E-state index contributed by atoms with van der Waals surface area (Å²) in [5, 5.41) is 4.99. The molecule has 8 aromatic rings. The summed E-state index contributed by atoms with van der Waals surface area (Å²) in [7, 11) is 0. The van der Waals surface area contributed by atoms with Crippen LogP contribution in [0.3, 0.4) is 0 Å². The Morgan fingerprint density at radius 2 is 0.575 bits per heavy atom. The van der Waals surface area contributed by atoms with Gasteiger partial charge in [-0.25, -0.2) is 0 Å². The summed E-state index contributed by atoms with van der Waals surface area (Å²) >= 11 is 0. The number of nitrogens with zero attached hydrogens (tertiary/aromatic N) is 2. The van der Waals surface area contributed by atoms with Crippen LogP contribution < -0.4 is 10.9 Å². The number of hydrogen-bond acceptors (Lipinski definition) is 2. The van der Waals surface area contributed by atoms with E-state index in [4.69, 9.17) is 0 Å². The average Bonchev–Trinajstić information content (AvgIpc) is 3.51. The molecule has 0 amide bonds. The van der Waals surface area contributed by atoms with Gasteiger partial charge < -0.3 is 0 Å². The van der Waals surface area contributed by atoms with Gasteiger partial charge in [0.25, 0.3) is 0 Å². The molecule has 0 atom stereocenters. The molecule has 2 heterocycles. The zero-order chi connectivity index (χ0) is 26.5. The predicted octanol–water partition coefficient (Wildman–Crippen LogP) is 9.32. The Kier molecular flexibility index (Phi) is 5.10. The lowest BCUT2D eigenvalue weighted by molar-refractivity contribution is 1.06. The van der Waals surface area contributed by atoms with Crippen molar-refractivity contribution in [2.75, 3.05) is 10.9 Å². The van der Waals surface area contributed by atoms with Crippen LogP contribution in [0.1, 0.15) is 0 Å². The van der Waals surface area contributed by atoms with Gasteiger partial charge in [-0.2, -0.15) is 0 Å². The molecule has 0 bridgehead atoms. The number of aromatic nitrogens is 2. The number of para-hydroxylation sites is 4. The van der Waals surface area contributed by atoms with Crippen LogP contribution in [0.5, 0.6) is 0 Å². The molecule has 8 rings (SSSR count). The number of rotatable bonds is 5. The fourth-order valence-corrected chi connectivity index (χ4v) is 5.82. The van der Waals surface area contributed by atoms with Gasteiger partial charge in [0.15, 0.2) is 0 Å². The third kappa shape index (κ3) is 3.62. The molecule has 6 aromatic carbocycles. The monoisotopic (exact) mass is 514 g/mol. The molecule has 0 aliphatic rings. The van der Waals surface area contributed by atoms with Gasteiger partial charge in [-0.15, -0.1) is 0 Å². The summed E-state index contributed by atoms with van der Waals surface area (Å²) in [5.41, 5.74) is 16.3. The van der Waals surface area contributed by atoms with E-state index in [0.29, 0.717) is 0 Å². The molecule has 40 heavy (non-hydrogen) atoms. The maximum absolute atomic E-state index is 3.62. The molecule has 0 radical (unpaired) electrons. The second-order valence-electron chi connectivity index (χ2n) is 10.1. The summed E-state index contributed by atoms with van der Waals surface area (Å²) in [6.45, 7) is 0. The summed E-state index contributed by atoms with van der Waals surface area (Å²) in [6.07, 6.45) is 0. The molecule has 0 saturated carbocycles. The highest BCUT2D eigenvalue weighted by Crippen LogP contribution is 2.31. The van der Waals surface area contributed by atoms with Crippen molar-refractivity contribution in [2.45, 2.75) is 0 Å². The summed E-state index contributed by atoms with van der Waals surface area (Å²) in [6, 6.07) is 51.3. The first kappa shape index (κ1) is 22.5. The minimum atomic E-state index is 1.04. The van der Waals surface area contributed by atoms with E-state index in [1.165, 1.54) is 54.7 Å². The van der Waals surface area contributed by atoms with Crippen LogP contribution in [0.15, 0.2) is 146 Å².